The van der Waals surface area contributed by atoms with Crippen molar-refractivity contribution in [2.45, 2.75) is 0 Å². The second-order valence-electron chi connectivity index (χ2n) is 12.4. The zero-order valence-electron chi connectivity index (χ0n) is 31.7. The smallest absolute Gasteiger partial charge is 0.165 e. The minimum Gasteiger partial charge on any atom is -0.456 e. The molecule has 51 heavy (non-hydrogen) atoms. The Balaban J connectivity index is 1.14. The van der Waals surface area contributed by atoms with Crippen LogP contribution in [-0.4, -0.2) is 19.5 Å². The first kappa shape index (κ1) is 23.7. The molecule has 7 aromatic carbocycles. The van der Waals surface area contributed by atoms with Gasteiger partial charge in [0, 0.05) is 64.1 Å². The second-order valence-corrected chi connectivity index (χ2v) is 13.5. The van der Waals surface area contributed by atoms with Gasteiger partial charge in [0.2, 0.25) is 0 Å². The summed E-state index contributed by atoms with van der Waals surface area (Å²) in [4.78, 5) is 14.7. The molecule has 0 aliphatic rings. The summed E-state index contributed by atoms with van der Waals surface area (Å²) in [5.41, 5.74) is 6.00. The highest BCUT2D eigenvalue weighted by Gasteiger charge is 2.19. The lowest BCUT2D eigenvalue weighted by molar-refractivity contribution is 0.669. The van der Waals surface area contributed by atoms with Gasteiger partial charge < -0.3 is 8.98 Å². The Labute approximate surface area is 302 Å². The molecular formula is C45H26N4OS. The van der Waals surface area contributed by atoms with Crippen LogP contribution in [0.15, 0.2) is 162 Å². The molecular weight excluding hydrogens is 645 g/mol. The fraction of sp³-hybridized carbons (Fsp3) is 0. The average Bonchev–Trinajstić information content (AvgIpc) is 3.91. The lowest BCUT2D eigenvalue weighted by Gasteiger charge is -2.09. The Kier molecular flexibility index (Phi) is 5.08. The summed E-state index contributed by atoms with van der Waals surface area (Å²) in [6.45, 7) is 0. The molecule has 0 spiro atoms. The van der Waals surface area contributed by atoms with E-state index in [1.165, 1.54) is 10.8 Å². The predicted molar refractivity (Wildman–Crippen MR) is 211 cm³/mol. The van der Waals surface area contributed by atoms with Gasteiger partial charge in [-0.2, -0.15) is 0 Å². The van der Waals surface area contributed by atoms with Gasteiger partial charge in [0.15, 0.2) is 17.5 Å². The largest absolute Gasteiger partial charge is 0.456 e. The second kappa shape index (κ2) is 10.9. The zero-order chi connectivity index (χ0) is 37.8. The van der Waals surface area contributed by atoms with E-state index in [2.05, 4.69) is 77.4 Å². The molecule has 0 saturated carbocycles. The van der Waals surface area contributed by atoms with Crippen molar-refractivity contribution in [1.82, 2.24) is 19.5 Å². The third-order valence-electron chi connectivity index (χ3n) is 9.56. The molecule has 0 saturated heterocycles. The number of hydrogen-bond donors (Lipinski definition) is 0. The molecule has 0 aliphatic carbocycles. The van der Waals surface area contributed by atoms with Crippen molar-refractivity contribution < 1.29 is 11.3 Å². The van der Waals surface area contributed by atoms with Gasteiger partial charge in [-0.3, -0.25) is 0 Å². The van der Waals surface area contributed by atoms with E-state index in [0.29, 0.717) is 17.0 Å². The van der Waals surface area contributed by atoms with Gasteiger partial charge in [0.25, 0.3) is 0 Å². The van der Waals surface area contributed by atoms with Gasteiger partial charge >= 0.3 is 0 Å². The molecule has 0 aliphatic heterocycles. The third kappa shape index (κ3) is 4.37. The van der Waals surface area contributed by atoms with Gasteiger partial charge in [0.1, 0.15) is 11.2 Å². The summed E-state index contributed by atoms with van der Waals surface area (Å²) in [6, 6.07) is 40.9. The van der Waals surface area contributed by atoms with Gasteiger partial charge in [-0.25, -0.2) is 15.0 Å². The summed E-state index contributed by atoms with van der Waals surface area (Å²) in [5.74, 6) is 0.589. The van der Waals surface area contributed by atoms with Crippen molar-refractivity contribution in [2.24, 2.45) is 0 Å². The number of thiophene rings is 1. The van der Waals surface area contributed by atoms with Crippen molar-refractivity contribution in [3.05, 3.63) is 158 Å². The standard InChI is InChI=1S/C45H26N4OS/c1-2-11-27(12-3-1)43-46-44(28-21-23-33-32-15-6-9-20-39(32)50-40(33)25-28)48-45(47-43)35-17-10-16-34-36-26-29(22-24-41(36)51-42(34)35)49-37-18-7-4-13-30(37)31-14-5-8-19-38(31)49/h1-26H/i1D,2D,3D,11D,12D. The van der Waals surface area contributed by atoms with E-state index >= 15 is 0 Å². The van der Waals surface area contributed by atoms with Crippen molar-refractivity contribution in [2.75, 3.05) is 0 Å². The maximum atomic E-state index is 8.79. The van der Waals surface area contributed by atoms with Gasteiger partial charge in [-0.15, -0.1) is 11.3 Å². The molecule has 11 rings (SSSR count). The van der Waals surface area contributed by atoms with E-state index in [1.807, 2.05) is 54.6 Å². The Morgan fingerprint density at radius 2 is 1.18 bits per heavy atom. The number of fused-ring (bicyclic) bond motifs is 9. The van der Waals surface area contributed by atoms with Crippen molar-refractivity contribution >= 4 is 75.3 Å². The van der Waals surface area contributed by atoms with Crippen LogP contribution in [0.2, 0.25) is 0 Å². The molecule has 5 nitrogen and oxygen atoms in total. The van der Waals surface area contributed by atoms with Crippen LogP contribution in [-0.2, 0) is 0 Å². The molecule has 238 valence electrons. The number of nitrogens with zero attached hydrogens (tertiary/aromatic N) is 4. The van der Waals surface area contributed by atoms with Crippen LogP contribution in [0.1, 0.15) is 6.85 Å². The van der Waals surface area contributed by atoms with Crippen LogP contribution in [0.4, 0.5) is 0 Å². The van der Waals surface area contributed by atoms with Crippen LogP contribution in [0.3, 0.4) is 0 Å². The van der Waals surface area contributed by atoms with Gasteiger partial charge in [-0.05, 0) is 54.6 Å². The number of para-hydroxylation sites is 3. The summed E-state index contributed by atoms with van der Waals surface area (Å²) >= 11 is 1.63. The summed E-state index contributed by atoms with van der Waals surface area (Å²) in [6.07, 6.45) is 0. The first-order chi connectivity index (χ1) is 27.3. The molecule has 4 heterocycles. The van der Waals surface area contributed by atoms with Crippen molar-refractivity contribution in [3.8, 4) is 39.9 Å². The molecule has 0 N–H and O–H groups in total. The van der Waals surface area contributed by atoms with Crippen LogP contribution in [0.25, 0.3) is 104 Å². The molecule has 11 aromatic rings. The first-order valence-electron chi connectivity index (χ1n) is 19.0. The van der Waals surface area contributed by atoms with E-state index in [1.54, 1.807) is 11.3 Å². The summed E-state index contributed by atoms with van der Waals surface area (Å²) < 4.78 is 53.1. The highest BCUT2D eigenvalue weighted by atomic mass is 32.1. The Morgan fingerprint density at radius 1 is 0.510 bits per heavy atom. The van der Waals surface area contributed by atoms with Crippen molar-refractivity contribution in [3.63, 3.8) is 0 Å². The molecule has 0 radical (unpaired) electrons. The minimum absolute atomic E-state index is 0.0153. The van der Waals surface area contributed by atoms with Crippen molar-refractivity contribution in [1.29, 1.82) is 0 Å². The van der Waals surface area contributed by atoms with E-state index in [-0.39, 0.29) is 29.3 Å². The average molecular weight is 676 g/mol. The van der Waals surface area contributed by atoms with Gasteiger partial charge in [0.05, 0.1) is 17.9 Å². The maximum Gasteiger partial charge on any atom is 0.165 e. The van der Waals surface area contributed by atoms with Crippen LogP contribution >= 0.6 is 11.3 Å². The highest BCUT2D eigenvalue weighted by molar-refractivity contribution is 7.26. The molecule has 0 unspecified atom stereocenters. The Morgan fingerprint density at radius 3 is 1.98 bits per heavy atom. The number of benzene rings is 7. The third-order valence-corrected chi connectivity index (χ3v) is 10.8. The molecule has 0 atom stereocenters. The number of hydrogen-bond acceptors (Lipinski definition) is 5. The zero-order valence-corrected chi connectivity index (χ0v) is 27.5. The van der Waals surface area contributed by atoms with Gasteiger partial charge in [-0.1, -0.05) is 103 Å². The normalized spacial score (nSPS) is 13.3. The molecule has 4 aromatic heterocycles. The van der Waals surface area contributed by atoms with Crippen LogP contribution in [0, 0.1) is 0 Å². The fourth-order valence-electron chi connectivity index (χ4n) is 7.27. The van der Waals surface area contributed by atoms with Crippen LogP contribution in [0.5, 0.6) is 0 Å². The predicted octanol–water partition coefficient (Wildman–Crippen LogP) is 12.2. The minimum atomic E-state index is -0.482. The van der Waals surface area contributed by atoms with Crippen LogP contribution < -0.4 is 0 Å². The van der Waals surface area contributed by atoms with E-state index in [9.17, 15) is 0 Å². The van der Waals surface area contributed by atoms with E-state index in [4.69, 9.17) is 26.2 Å². The molecule has 0 fully saturated rings. The maximum absolute atomic E-state index is 8.79. The molecule has 6 heteroatoms. The highest BCUT2D eigenvalue weighted by Crippen LogP contribution is 2.42. The lowest BCUT2D eigenvalue weighted by Crippen LogP contribution is -2.00. The fourth-order valence-corrected chi connectivity index (χ4v) is 8.46. The topological polar surface area (TPSA) is 56.7 Å². The lowest BCUT2D eigenvalue weighted by atomic mass is 10.1. The number of rotatable bonds is 4. The number of furan rings is 1. The molecule has 0 amide bonds. The monoisotopic (exact) mass is 675 g/mol. The first-order valence-corrected chi connectivity index (χ1v) is 17.3. The Bertz CT molecular complexity index is 3380. The number of aromatic nitrogens is 4. The Hall–Kier alpha value is -6.63. The SMILES string of the molecule is [2H]c1c([2H])c([2H])c(-c2nc(-c3ccc4c(c3)oc3ccccc34)nc(-c3cccc4c3sc3ccc(-n5c6ccccc6c6ccccc65)cc34)n2)c([2H])c1[2H]. The molecule has 0 bridgehead atoms. The van der Waals surface area contributed by atoms with E-state index < -0.39 is 18.1 Å². The van der Waals surface area contributed by atoms with E-state index in [0.717, 1.165) is 58.8 Å². The summed E-state index contributed by atoms with van der Waals surface area (Å²) in [7, 11) is 0. The summed E-state index contributed by atoms with van der Waals surface area (Å²) in [5, 5.41) is 6.44. The quantitative estimate of drug-likeness (QED) is 0.186.